The molecule has 0 atom stereocenters. The fourth-order valence-electron chi connectivity index (χ4n) is 7.45. The quantitative estimate of drug-likeness (QED) is 0.180. The smallest absolute Gasteiger partial charge is 0.278 e. The molecule has 2 heterocycles. The first-order valence-corrected chi connectivity index (χ1v) is 16.7. The molecule has 5 nitrogen and oxygen atoms in total. The molecule has 0 radical (unpaired) electrons. The average molecular weight is 641 g/mol. The van der Waals surface area contributed by atoms with E-state index in [-0.39, 0.29) is 5.69 Å². The van der Waals surface area contributed by atoms with Crippen molar-refractivity contribution < 1.29 is 0 Å². The summed E-state index contributed by atoms with van der Waals surface area (Å²) in [7, 11) is 0. The van der Waals surface area contributed by atoms with Gasteiger partial charge in [0.05, 0.1) is 11.0 Å². The van der Waals surface area contributed by atoms with Gasteiger partial charge in [0.2, 0.25) is 5.78 Å². The number of benzene rings is 8. The van der Waals surface area contributed by atoms with Crippen LogP contribution in [-0.4, -0.2) is 18.9 Å². The molecule has 0 aliphatic carbocycles. The van der Waals surface area contributed by atoms with Crippen molar-refractivity contribution >= 4 is 49.1 Å². The Bertz CT molecular complexity index is 2960. The molecule has 5 heteroatoms. The zero-order chi connectivity index (χ0) is 33.2. The largest absolute Gasteiger partial charge is 0.357 e. The van der Waals surface area contributed by atoms with Crippen molar-refractivity contribution in [3.8, 4) is 39.3 Å². The molecule has 234 valence electrons. The summed E-state index contributed by atoms with van der Waals surface area (Å²) in [5.41, 5.74) is 7.32. The van der Waals surface area contributed by atoms with Crippen LogP contribution in [0, 0.1) is 0 Å². The van der Waals surface area contributed by atoms with Crippen molar-refractivity contribution in [2.75, 3.05) is 0 Å². The van der Waals surface area contributed by atoms with Crippen LogP contribution in [0.1, 0.15) is 0 Å². The van der Waals surface area contributed by atoms with E-state index in [0.29, 0.717) is 11.6 Å². The minimum Gasteiger partial charge on any atom is -0.278 e. The van der Waals surface area contributed by atoms with Crippen molar-refractivity contribution in [1.82, 2.24) is 18.9 Å². The highest BCUT2D eigenvalue weighted by atomic mass is 16.1. The summed E-state index contributed by atoms with van der Waals surface area (Å²) in [4.78, 5) is 23.2. The number of aromatic nitrogens is 4. The van der Waals surface area contributed by atoms with E-state index in [0.717, 1.165) is 44.5 Å². The molecular weight excluding hydrogens is 613 g/mol. The average Bonchev–Trinajstić information content (AvgIpc) is 3.52. The highest BCUT2D eigenvalue weighted by Crippen LogP contribution is 2.38. The molecule has 50 heavy (non-hydrogen) atoms. The van der Waals surface area contributed by atoms with E-state index >= 15 is 0 Å². The second-order valence-electron chi connectivity index (χ2n) is 12.6. The van der Waals surface area contributed by atoms with Crippen molar-refractivity contribution in [3.05, 3.63) is 180 Å². The predicted molar refractivity (Wildman–Crippen MR) is 205 cm³/mol. The summed E-state index contributed by atoms with van der Waals surface area (Å²) in [6.45, 7) is 0. The number of fused-ring (bicyclic) bond motifs is 9. The molecule has 10 aromatic rings. The fraction of sp³-hybridized carbons (Fsp3) is 0. The van der Waals surface area contributed by atoms with Gasteiger partial charge in [-0.25, -0.2) is 9.20 Å². The Kier molecular flexibility index (Phi) is 6.26. The van der Waals surface area contributed by atoms with Gasteiger partial charge in [-0.05, 0) is 91.0 Å². The van der Waals surface area contributed by atoms with E-state index in [1.807, 2.05) is 65.2 Å². The van der Waals surface area contributed by atoms with Crippen LogP contribution in [-0.2, 0) is 0 Å². The molecule has 0 fully saturated rings. The summed E-state index contributed by atoms with van der Waals surface area (Å²) in [5, 5.41) is 7.55. The van der Waals surface area contributed by atoms with Crippen LogP contribution in [0.4, 0.5) is 0 Å². The van der Waals surface area contributed by atoms with Gasteiger partial charge in [-0.15, -0.1) is 0 Å². The lowest BCUT2D eigenvalue weighted by atomic mass is 9.91. The number of nitrogens with zero attached hydrogens (tertiary/aromatic N) is 4. The molecule has 0 unspecified atom stereocenters. The minimum absolute atomic E-state index is 0.365. The van der Waals surface area contributed by atoms with Gasteiger partial charge in [-0.1, -0.05) is 133 Å². The number of imidazole rings is 1. The van der Waals surface area contributed by atoms with Crippen molar-refractivity contribution in [3.63, 3.8) is 0 Å². The normalized spacial score (nSPS) is 11.7. The highest BCUT2D eigenvalue weighted by Gasteiger charge is 2.19. The van der Waals surface area contributed by atoms with Crippen LogP contribution < -0.4 is 5.69 Å². The Labute approximate surface area is 287 Å². The summed E-state index contributed by atoms with van der Waals surface area (Å²) < 4.78 is 3.66. The topological polar surface area (TPSA) is 52.2 Å². The molecule has 0 bridgehead atoms. The lowest BCUT2D eigenvalue weighted by Gasteiger charge is -2.12. The Morgan fingerprint density at radius 2 is 0.900 bits per heavy atom. The third-order valence-electron chi connectivity index (χ3n) is 9.78. The van der Waals surface area contributed by atoms with E-state index in [2.05, 4.69) is 114 Å². The van der Waals surface area contributed by atoms with Gasteiger partial charge >= 0.3 is 5.69 Å². The van der Waals surface area contributed by atoms with Crippen molar-refractivity contribution in [1.29, 1.82) is 0 Å². The summed E-state index contributed by atoms with van der Waals surface area (Å²) in [6, 6.07) is 58.7. The van der Waals surface area contributed by atoms with Crippen molar-refractivity contribution in [2.24, 2.45) is 0 Å². The SMILES string of the molecule is O=c1nc(-c2ccccc2)nc2n(-c3ccccc3)c3ccc(-c4cccc(-c5ccc6c7ccccc7c7ccccc7c6c5)c4)cc3n12. The third-order valence-corrected chi connectivity index (χ3v) is 9.78. The maximum Gasteiger partial charge on any atom is 0.357 e. The third kappa shape index (κ3) is 4.37. The molecule has 2 aromatic heterocycles. The summed E-state index contributed by atoms with van der Waals surface area (Å²) >= 11 is 0. The van der Waals surface area contributed by atoms with Crippen LogP contribution >= 0.6 is 0 Å². The molecule has 0 amide bonds. The van der Waals surface area contributed by atoms with Gasteiger partial charge in [0, 0.05) is 11.3 Å². The molecule has 0 aliphatic heterocycles. The summed E-state index contributed by atoms with van der Waals surface area (Å²) in [5.74, 6) is 0.923. The van der Waals surface area contributed by atoms with Crippen LogP contribution in [0.15, 0.2) is 175 Å². The van der Waals surface area contributed by atoms with Crippen LogP contribution in [0.25, 0.3) is 88.5 Å². The minimum atomic E-state index is -0.365. The van der Waals surface area contributed by atoms with E-state index in [1.54, 1.807) is 4.40 Å². The van der Waals surface area contributed by atoms with Gasteiger partial charge in [0.25, 0.3) is 0 Å². The molecule has 0 spiro atoms. The van der Waals surface area contributed by atoms with Gasteiger partial charge in [0.1, 0.15) is 0 Å². The lowest BCUT2D eigenvalue weighted by molar-refractivity contribution is 0.946. The van der Waals surface area contributed by atoms with Gasteiger partial charge in [0.15, 0.2) is 5.82 Å². The monoisotopic (exact) mass is 640 g/mol. The van der Waals surface area contributed by atoms with Crippen molar-refractivity contribution in [2.45, 2.75) is 0 Å². The second kappa shape index (κ2) is 11.1. The Balaban J connectivity index is 1.15. The molecule has 0 saturated heterocycles. The summed E-state index contributed by atoms with van der Waals surface area (Å²) in [6.07, 6.45) is 0. The highest BCUT2D eigenvalue weighted by molar-refractivity contribution is 6.25. The first kappa shape index (κ1) is 28.2. The maximum absolute atomic E-state index is 13.8. The Morgan fingerprint density at radius 3 is 1.58 bits per heavy atom. The van der Waals surface area contributed by atoms with Gasteiger partial charge in [-0.3, -0.25) is 4.57 Å². The maximum atomic E-state index is 13.8. The standard InChI is InChI=1S/C45H28N4O/c50-45-47-43(29-12-3-1-4-13-29)46-44-48(34-16-5-2-6-17-34)41-25-23-33(28-42(41)49(44)45)31-15-11-14-30(26-31)32-22-24-39-37-20-8-7-18-35(37)36-19-9-10-21-38(36)40(39)27-32/h1-28H. The van der Waals surface area contributed by atoms with E-state index in [9.17, 15) is 4.79 Å². The number of hydrogen-bond acceptors (Lipinski definition) is 3. The van der Waals surface area contributed by atoms with Gasteiger partial charge < -0.3 is 0 Å². The predicted octanol–water partition coefficient (Wildman–Crippen LogP) is 10.5. The molecule has 0 aliphatic rings. The zero-order valence-electron chi connectivity index (χ0n) is 26.9. The molecule has 0 saturated carbocycles. The second-order valence-corrected chi connectivity index (χ2v) is 12.6. The van der Waals surface area contributed by atoms with Gasteiger partial charge in [-0.2, -0.15) is 9.97 Å². The molecular formula is C45H28N4O. The first-order chi connectivity index (χ1) is 24.7. The fourth-order valence-corrected chi connectivity index (χ4v) is 7.45. The molecule has 10 rings (SSSR count). The first-order valence-electron chi connectivity index (χ1n) is 16.7. The van der Waals surface area contributed by atoms with Crippen LogP contribution in [0.5, 0.6) is 0 Å². The number of para-hydroxylation sites is 1. The van der Waals surface area contributed by atoms with Crippen LogP contribution in [0.3, 0.4) is 0 Å². The molecule has 8 aromatic carbocycles. The van der Waals surface area contributed by atoms with E-state index in [1.165, 1.54) is 32.3 Å². The zero-order valence-corrected chi connectivity index (χ0v) is 26.9. The Hall–Kier alpha value is -6.85. The lowest BCUT2D eigenvalue weighted by Crippen LogP contribution is -2.19. The van der Waals surface area contributed by atoms with Crippen LogP contribution in [0.2, 0.25) is 0 Å². The van der Waals surface area contributed by atoms with E-state index < -0.39 is 0 Å². The van der Waals surface area contributed by atoms with E-state index in [4.69, 9.17) is 4.98 Å². The number of hydrogen-bond donors (Lipinski definition) is 0. The Morgan fingerprint density at radius 1 is 0.380 bits per heavy atom. The number of rotatable bonds is 4. The molecule has 0 N–H and O–H groups in total.